The highest BCUT2D eigenvalue weighted by molar-refractivity contribution is 5.66. The molecule has 0 bridgehead atoms. The van der Waals surface area contributed by atoms with Gasteiger partial charge in [0.25, 0.3) is 0 Å². The van der Waals surface area contributed by atoms with Gasteiger partial charge in [-0.15, -0.1) is 0 Å². The van der Waals surface area contributed by atoms with Gasteiger partial charge in [0, 0.05) is 18.8 Å². The van der Waals surface area contributed by atoms with Crippen LogP contribution in [-0.4, -0.2) is 17.0 Å². The average molecular weight is 253 g/mol. The highest BCUT2D eigenvalue weighted by atomic mass is 15.2. The Morgan fingerprint density at radius 1 is 1.21 bits per heavy atom. The predicted octanol–water partition coefficient (Wildman–Crippen LogP) is 2.75. The van der Waals surface area contributed by atoms with Crippen LogP contribution in [0.1, 0.15) is 11.1 Å². The van der Waals surface area contributed by atoms with Gasteiger partial charge in [-0.1, -0.05) is 18.2 Å². The molecule has 0 aliphatic heterocycles. The number of hydrogen-bond acceptors (Lipinski definition) is 5. The van der Waals surface area contributed by atoms with Gasteiger partial charge in [-0.3, -0.25) is 4.90 Å². The van der Waals surface area contributed by atoms with Gasteiger partial charge in [0.15, 0.2) is 6.19 Å². The second-order valence-corrected chi connectivity index (χ2v) is 4.31. The second kappa shape index (κ2) is 5.36. The highest BCUT2D eigenvalue weighted by Gasteiger charge is 2.06. The number of nitrogens with zero attached hydrogens (tertiary/aromatic N) is 4. The third-order valence-corrected chi connectivity index (χ3v) is 2.88. The number of aromatic nitrogens is 2. The van der Waals surface area contributed by atoms with E-state index in [1.807, 2.05) is 38.2 Å². The standard InChI is InChI=1S/C14H15N5/c1-10-5-4-6-11(2)14(10)18-12-7-13(17-9-16-12)19(3)8-15/h4-7,9H,1-3H3,(H,16,17,18). The van der Waals surface area contributed by atoms with Crippen LogP contribution in [0.15, 0.2) is 30.6 Å². The number of rotatable bonds is 3. The molecule has 5 heteroatoms. The zero-order valence-electron chi connectivity index (χ0n) is 11.2. The van der Waals surface area contributed by atoms with E-state index in [1.54, 1.807) is 13.1 Å². The van der Waals surface area contributed by atoms with Crippen LogP contribution in [0.2, 0.25) is 0 Å². The van der Waals surface area contributed by atoms with Gasteiger partial charge >= 0.3 is 0 Å². The molecule has 0 aliphatic carbocycles. The Balaban J connectivity index is 2.32. The lowest BCUT2D eigenvalue weighted by molar-refractivity contribution is 1.08. The van der Waals surface area contributed by atoms with Gasteiger partial charge in [-0.25, -0.2) is 9.97 Å². The summed E-state index contributed by atoms with van der Waals surface area (Å²) in [6.45, 7) is 4.08. The van der Waals surface area contributed by atoms with Crippen molar-refractivity contribution in [2.24, 2.45) is 0 Å². The van der Waals surface area contributed by atoms with E-state index in [1.165, 1.54) is 11.2 Å². The largest absolute Gasteiger partial charge is 0.340 e. The van der Waals surface area contributed by atoms with E-state index in [9.17, 15) is 0 Å². The molecule has 2 aromatic rings. The van der Waals surface area contributed by atoms with Crippen LogP contribution in [0.25, 0.3) is 0 Å². The highest BCUT2D eigenvalue weighted by Crippen LogP contribution is 2.24. The first-order chi connectivity index (χ1) is 9.11. The first-order valence-corrected chi connectivity index (χ1v) is 5.90. The number of para-hydroxylation sites is 1. The monoisotopic (exact) mass is 253 g/mol. The average Bonchev–Trinajstić information content (AvgIpc) is 2.42. The van der Waals surface area contributed by atoms with Crippen LogP contribution in [0, 0.1) is 25.3 Å². The minimum Gasteiger partial charge on any atom is -0.340 e. The molecular formula is C14H15N5. The SMILES string of the molecule is Cc1cccc(C)c1Nc1cc(N(C)C#N)ncn1. The summed E-state index contributed by atoms with van der Waals surface area (Å²) >= 11 is 0. The van der Waals surface area contributed by atoms with Gasteiger partial charge in [0.05, 0.1) is 0 Å². The molecule has 0 aliphatic rings. The maximum Gasteiger partial charge on any atom is 0.185 e. The summed E-state index contributed by atoms with van der Waals surface area (Å²) in [4.78, 5) is 9.61. The molecular weight excluding hydrogens is 238 g/mol. The van der Waals surface area contributed by atoms with Crippen molar-refractivity contribution in [3.8, 4) is 6.19 Å². The van der Waals surface area contributed by atoms with Crippen molar-refractivity contribution in [2.45, 2.75) is 13.8 Å². The Morgan fingerprint density at radius 3 is 2.53 bits per heavy atom. The number of benzene rings is 1. The lowest BCUT2D eigenvalue weighted by Gasteiger charge is -2.13. The van der Waals surface area contributed by atoms with Crippen LogP contribution in [0.5, 0.6) is 0 Å². The zero-order chi connectivity index (χ0) is 13.8. The molecule has 0 saturated carbocycles. The first kappa shape index (κ1) is 12.8. The third kappa shape index (κ3) is 2.80. The van der Waals surface area contributed by atoms with Crippen LogP contribution < -0.4 is 10.2 Å². The van der Waals surface area contributed by atoms with E-state index < -0.39 is 0 Å². The minimum atomic E-state index is 0.561. The first-order valence-electron chi connectivity index (χ1n) is 5.90. The van der Waals surface area contributed by atoms with Crippen molar-refractivity contribution >= 4 is 17.3 Å². The molecule has 0 amide bonds. The molecule has 0 spiro atoms. The van der Waals surface area contributed by atoms with Crippen LogP contribution in [-0.2, 0) is 0 Å². The number of nitrogens with one attached hydrogen (secondary N) is 1. The Labute approximate surface area is 112 Å². The molecule has 0 atom stereocenters. The van der Waals surface area contributed by atoms with Crippen molar-refractivity contribution in [1.82, 2.24) is 9.97 Å². The molecule has 2 rings (SSSR count). The zero-order valence-corrected chi connectivity index (χ0v) is 11.2. The van der Waals surface area contributed by atoms with Crippen molar-refractivity contribution in [1.29, 1.82) is 5.26 Å². The third-order valence-electron chi connectivity index (χ3n) is 2.88. The second-order valence-electron chi connectivity index (χ2n) is 4.31. The maximum absolute atomic E-state index is 8.85. The molecule has 1 aromatic carbocycles. The lowest BCUT2D eigenvalue weighted by atomic mass is 10.1. The Kier molecular flexibility index (Phi) is 3.62. The molecule has 1 aromatic heterocycles. The molecule has 0 radical (unpaired) electrons. The topological polar surface area (TPSA) is 64.8 Å². The van der Waals surface area contributed by atoms with E-state index in [4.69, 9.17) is 5.26 Å². The van der Waals surface area contributed by atoms with E-state index >= 15 is 0 Å². The normalized spacial score (nSPS) is 9.79. The fourth-order valence-electron chi connectivity index (χ4n) is 1.79. The summed E-state index contributed by atoms with van der Waals surface area (Å²) in [7, 11) is 1.66. The summed E-state index contributed by atoms with van der Waals surface area (Å²) < 4.78 is 0. The van der Waals surface area contributed by atoms with Gasteiger partial charge in [-0.05, 0) is 25.0 Å². The quantitative estimate of drug-likeness (QED) is 0.673. The predicted molar refractivity (Wildman–Crippen MR) is 75.2 cm³/mol. The minimum absolute atomic E-state index is 0.561. The molecule has 5 nitrogen and oxygen atoms in total. The van der Waals surface area contributed by atoms with Gasteiger partial charge in [0.1, 0.15) is 18.0 Å². The summed E-state index contributed by atoms with van der Waals surface area (Å²) in [5.41, 5.74) is 3.33. The fourth-order valence-corrected chi connectivity index (χ4v) is 1.79. The molecule has 1 N–H and O–H groups in total. The molecule has 0 fully saturated rings. The number of hydrogen-bond donors (Lipinski definition) is 1. The summed E-state index contributed by atoms with van der Waals surface area (Å²) in [5, 5.41) is 12.1. The fraction of sp³-hybridized carbons (Fsp3) is 0.214. The maximum atomic E-state index is 8.85. The number of nitriles is 1. The van der Waals surface area contributed by atoms with E-state index in [0.29, 0.717) is 11.6 Å². The van der Waals surface area contributed by atoms with Gasteiger partial charge < -0.3 is 5.32 Å². The Morgan fingerprint density at radius 2 is 1.89 bits per heavy atom. The molecule has 0 unspecified atom stereocenters. The van der Waals surface area contributed by atoms with Crippen molar-refractivity contribution in [3.63, 3.8) is 0 Å². The summed E-state index contributed by atoms with van der Waals surface area (Å²) in [6.07, 6.45) is 3.45. The van der Waals surface area contributed by atoms with Crippen LogP contribution in [0.3, 0.4) is 0 Å². The van der Waals surface area contributed by atoms with Crippen molar-refractivity contribution in [3.05, 3.63) is 41.7 Å². The summed E-state index contributed by atoms with van der Waals surface area (Å²) in [5.74, 6) is 1.23. The molecule has 1 heterocycles. The van der Waals surface area contributed by atoms with Crippen molar-refractivity contribution in [2.75, 3.05) is 17.3 Å². The summed E-state index contributed by atoms with van der Waals surface area (Å²) in [6, 6.07) is 7.84. The smallest absolute Gasteiger partial charge is 0.185 e. The Hall–Kier alpha value is -2.61. The number of aryl methyl sites for hydroxylation is 2. The molecule has 96 valence electrons. The number of anilines is 3. The molecule has 0 saturated heterocycles. The van der Waals surface area contributed by atoms with E-state index in [2.05, 4.69) is 15.3 Å². The van der Waals surface area contributed by atoms with Crippen molar-refractivity contribution < 1.29 is 0 Å². The van der Waals surface area contributed by atoms with Gasteiger partial charge in [-0.2, -0.15) is 5.26 Å². The van der Waals surface area contributed by atoms with Crippen LogP contribution >= 0.6 is 0 Å². The molecule has 19 heavy (non-hydrogen) atoms. The van der Waals surface area contributed by atoms with Gasteiger partial charge in [0.2, 0.25) is 0 Å². The Bertz CT molecular complexity index is 610. The van der Waals surface area contributed by atoms with E-state index in [0.717, 1.165) is 16.8 Å². The lowest BCUT2D eigenvalue weighted by Crippen LogP contribution is -2.10. The van der Waals surface area contributed by atoms with E-state index in [-0.39, 0.29) is 0 Å². The van der Waals surface area contributed by atoms with Crippen LogP contribution in [0.4, 0.5) is 17.3 Å².